The molecule has 0 aromatic carbocycles. The van der Waals surface area contributed by atoms with E-state index in [-0.39, 0.29) is 11.6 Å². The van der Waals surface area contributed by atoms with E-state index < -0.39 is 0 Å². The molecule has 0 fully saturated rings. The van der Waals surface area contributed by atoms with E-state index in [0.717, 1.165) is 17.1 Å². The summed E-state index contributed by atoms with van der Waals surface area (Å²) in [6, 6.07) is 7.38. The molecular formula is C14H14N4O2S. The van der Waals surface area contributed by atoms with Gasteiger partial charge < -0.3 is 9.84 Å². The van der Waals surface area contributed by atoms with Crippen molar-refractivity contribution < 1.29 is 9.32 Å². The topological polar surface area (TPSA) is 73.0 Å². The van der Waals surface area contributed by atoms with Crippen LogP contribution in [0.1, 0.15) is 23.1 Å². The Morgan fingerprint density at radius 3 is 3.14 bits per heavy atom. The molecule has 0 aliphatic rings. The second-order valence-corrected chi connectivity index (χ2v) is 5.32. The van der Waals surface area contributed by atoms with E-state index in [1.807, 2.05) is 35.2 Å². The molecule has 0 radical (unpaired) electrons. The number of hydrogen-bond acceptors (Lipinski definition) is 5. The lowest BCUT2D eigenvalue weighted by Gasteiger charge is -2.05. The minimum atomic E-state index is -0.259. The van der Waals surface area contributed by atoms with Crippen molar-refractivity contribution in [3.8, 4) is 10.6 Å². The van der Waals surface area contributed by atoms with Crippen molar-refractivity contribution >= 4 is 17.2 Å². The third kappa shape index (κ3) is 2.87. The van der Waals surface area contributed by atoms with Crippen molar-refractivity contribution in [2.24, 2.45) is 0 Å². The highest BCUT2D eigenvalue weighted by Crippen LogP contribution is 2.25. The zero-order valence-corrected chi connectivity index (χ0v) is 12.3. The average Bonchev–Trinajstić information content (AvgIpc) is 3.24. The van der Waals surface area contributed by atoms with Gasteiger partial charge in [0.25, 0.3) is 5.91 Å². The lowest BCUT2D eigenvalue weighted by atomic mass is 10.3. The van der Waals surface area contributed by atoms with Crippen LogP contribution in [0.5, 0.6) is 0 Å². The Morgan fingerprint density at radius 1 is 1.48 bits per heavy atom. The van der Waals surface area contributed by atoms with Gasteiger partial charge in [0.15, 0.2) is 11.5 Å². The minimum absolute atomic E-state index is 0.259. The van der Waals surface area contributed by atoms with Crippen LogP contribution in [0.2, 0.25) is 0 Å². The summed E-state index contributed by atoms with van der Waals surface area (Å²) in [5, 5.41) is 12.7. The summed E-state index contributed by atoms with van der Waals surface area (Å²) in [5.41, 5.74) is 1.23. The predicted molar refractivity (Wildman–Crippen MR) is 78.9 cm³/mol. The van der Waals surface area contributed by atoms with E-state index in [1.165, 1.54) is 0 Å². The first-order chi connectivity index (χ1) is 10.3. The van der Waals surface area contributed by atoms with Gasteiger partial charge in [-0.3, -0.25) is 9.48 Å². The zero-order valence-electron chi connectivity index (χ0n) is 11.4. The highest BCUT2D eigenvalue weighted by atomic mass is 32.1. The molecule has 0 saturated carbocycles. The van der Waals surface area contributed by atoms with Gasteiger partial charge in [-0.1, -0.05) is 11.2 Å². The number of nitrogens with zero attached hydrogens (tertiary/aromatic N) is 3. The normalized spacial score (nSPS) is 10.7. The van der Waals surface area contributed by atoms with Crippen molar-refractivity contribution in [3.63, 3.8) is 0 Å². The van der Waals surface area contributed by atoms with Crippen LogP contribution in [0.4, 0.5) is 0 Å². The van der Waals surface area contributed by atoms with Gasteiger partial charge in [0.2, 0.25) is 0 Å². The summed E-state index contributed by atoms with van der Waals surface area (Å²) in [6.07, 6.45) is 1.72. The summed E-state index contributed by atoms with van der Waals surface area (Å²) < 4.78 is 7.03. The number of rotatable bonds is 5. The van der Waals surface area contributed by atoms with Gasteiger partial charge in [-0.2, -0.15) is 5.10 Å². The van der Waals surface area contributed by atoms with E-state index >= 15 is 0 Å². The second kappa shape index (κ2) is 5.92. The Morgan fingerprint density at radius 2 is 2.38 bits per heavy atom. The maximum Gasteiger partial charge on any atom is 0.273 e. The minimum Gasteiger partial charge on any atom is -0.355 e. The molecule has 3 rings (SSSR count). The third-order valence-corrected chi connectivity index (χ3v) is 3.93. The van der Waals surface area contributed by atoms with E-state index in [4.69, 9.17) is 4.52 Å². The molecule has 0 saturated heterocycles. The summed E-state index contributed by atoms with van der Waals surface area (Å²) in [4.78, 5) is 13.0. The fourth-order valence-corrected chi connectivity index (χ4v) is 2.65. The van der Waals surface area contributed by atoms with E-state index in [1.54, 1.807) is 23.6 Å². The van der Waals surface area contributed by atoms with E-state index in [2.05, 4.69) is 15.6 Å². The molecular weight excluding hydrogens is 288 g/mol. The first-order valence-electron chi connectivity index (χ1n) is 6.57. The molecule has 21 heavy (non-hydrogen) atoms. The lowest BCUT2D eigenvalue weighted by Crippen LogP contribution is -2.24. The number of amides is 1. The highest BCUT2D eigenvalue weighted by molar-refractivity contribution is 7.13. The monoisotopic (exact) mass is 302 g/mol. The van der Waals surface area contributed by atoms with Gasteiger partial charge in [-0.05, 0) is 24.4 Å². The van der Waals surface area contributed by atoms with E-state index in [9.17, 15) is 4.79 Å². The van der Waals surface area contributed by atoms with Crippen LogP contribution in [-0.2, 0) is 13.1 Å². The fraction of sp³-hybridized carbons (Fsp3) is 0.214. The number of nitrogens with one attached hydrogen (secondary N) is 1. The van der Waals surface area contributed by atoms with Crippen LogP contribution < -0.4 is 5.32 Å². The maximum absolute atomic E-state index is 12.1. The molecule has 7 heteroatoms. The van der Waals surface area contributed by atoms with Gasteiger partial charge in [0, 0.05) is 18.8 Å². The van der Waals surface area contributed by atoms with Gasteiger partial charge >= 0.3 is 0 Å². The number of aryl methyl sites for hydroxylation is 1. The molecule has 1 amide bonds. The van der Waals surface area contributed by atoms with Crippen LogP contribution >= 0.6 is 11.3 Å². The zero-order chi connectivity index (χ0) is 14.7. The Kier molecular flexibility index (Phi) is 3.83. The molecule has 0 bridgehead atoms. The highest BCUT2D eigenvalue weighted by Gasteiger charge is 2.14. The van der Waals surface area contributed by atoms with Crippen molar-refractivity contribution in [1.82, 2.24) is 20.3 Å². The molecule has 3 aromatic heterocycles. The Bertz CT molecular complexity index is 730. The SMILES string of the molecule is CCn1nccc1CNC(=O)c1cc(-c2cccs2)on1. The van der Waals surface area contributed by atoms with Crippen LogP contribution in [-0.4, -0.2) is 20.8 Å². The molecule has 0 atom stereocenters. The molecule has 3 heterocycles. The number of thiophene rings is 1. The quantitative estimate of drug-likeness (QED) is 0.786. The maximum atomic E-state index is 12.1. The standard InChI is InChI=1S/C14H14N4O2S/c1-2-18-10(5-6-16-18)9-15-14(19)11-8-12(20-17-11)13-4-3-7-21-13/h3-8H,2,9H2,1H3,(H,15,19). The summed E-state index contributed by atoms with van der Waals surface area (Å²) >= 11 is 1.54. The van der Waals surface area contributed by atoms with Crippen molar-refractivity contribution in [2.75, 3.05) is 0 Å². The number of aromatic nitrogens is 3. The molecule has 6 nitrogen and oxygen atoms in total. The average molecular weight is 302 g/mol. The van der Waals surface area contributed by atoms with Gasteiger partial charge in [-0.25, -0.2) is 0 Å². The molecule has 0 spiro atoms. The number of carbonyl (C=O) groups is 1. The van der Waals surface area contributed by atoms with Crippen molar-refractivity contribution in [2.45, 2.75) is 20.0 Å². The third-order valence-electron chi connectivity index (χ3n) is 3.04. The molecule has 3 aromatic rings. The predicted octanol–water partition coefficient (Wildman–Crippen LogP) is 2.55. The number of hydrogen-bond donors (Lipinski definition) is 1. The second-order valence-electron chi connectivity index (χ2n) is 4.37. The molecule has 108 valence electrons. The van der Waals surface area contributed by atoms with Crippen LogP contribution in [0, 0.1) is 0 Å². The van der Waals surface area contributed by atoms with Crippen LogP contribution in [0.3, 0.4) is 0 Å². The molecule has 0 aliphatic carbocycles. The Hall–Kier alpha value is -2.41. The molecule has 0 aliphatic heterocycles. The first kappa shape index (κ1) is 13.6. The molecule has 1 N–H and O–H groups in total. The van der Waals surface area contributed by atoms with Crippen LogP contribution in [0.15, 0.2) is 40.4 Å². The lowest BCUT2D eigenvalue weighted by molar-refractivity contribution is 0.0941. The van der Waals surface area contributed by atoms with Gasteiger partial charge in [-0.15, -0.1) is 11.3 Å². The fourth-order valence-electron chi connectivity index (χ4n) is 1.97. The van der Waals surface area contributed by atoms with E-state index in [0.29, 0.717) is 12.3 Å². The van der Waals surface area contributed by atoms with Crippen molar-refractivity contribution in [3.05, 3.63) is 47.2 Å². The number of carbonyl (C=O) groups excluding carboxylic acids is 1. The first-order valence-corrected chi connectivity index (χ1v) is 7.45. The summed E-state index contributed by atoms with van der Waals surface area (Å²) in [6.45, 7) is 3.18. The largest absolute Gasteiger partial charge is 0.355 e. The summed E-state index contributed by atoms with van der Waals surface area (Å²) in [5.74, 6) is 0.346. The Labute approximate surface area is 125 Å². The van der Waals surface area contributed by atoms with Gasteiger partial charge in [0.05, 0.1) is 17.1 Å². The Balaban J connectivity index is 1.66. The summed E-state index contributed by atoms with van der Waals surface area (Å²) in [7, 11) is 0. The van der Waals surface area contributed by atoms with Crippen molar-refractivity contribution in [1.29, 1.82) is 0 Å². The molecule has 0 unspecified atom stereocenters. The smallest absolute Gasteiger partial charge is 0.273 e. The van der Waals surface area contributed by atoms with Gasteiger partial charge in [0.1, 0.15) is 0 Å². The van der Waals surface area contributed by atoms with Crippen LogP contribution in [0.25, 0.3) is 10.6 Å².